The molecule has 134 valence electrons. The van der Waals surface area contributed by atoms with E-state index in [1.54, 1.807) is 6.20 Å². The van der Waals surface area contributed by atoms with Gasteiger partial charge in [0.1, 0.15) is 0 Å². The Morgan fingerprint density at radius 3 is 2.72 bits per heavy atom. The zero-order valence-corrected chi connectivity index (χ0v) is 15.4. The van der Waals surface area contributed by atoms with Gasteiger partial charge in [0.25, 0.3) is 0 Å². The third kappa shape index (κ3) is 3.07. The molecule has 0 spiro atoms. The Morgan fingerprint density at radius 2 is 2.04 bits per heavy atom. The van der Waals surface area contributed by atoms with E-state index in [-0.39, 0.29) is 10.8 Å². The molecule has 0 aliphatic heterocycles. The number of pyridine rings is 1. The van der Waals surface area contributed by atoms with Gasteiger partial charge in [-0.3, -0.25) is 4.98 Å². The number of benzene rings is 1. The average molecular weight is 360 g/mol. The number of hydrogen-bond acceptors (Lipinski definition) is 4. The van der Waals surface area contributed by atoms with Gasteiger partial charge >= 0.3 is 0 Å². The number of aromatic nitrogens is 1. The van der Waals surface area contributed by atoms with Crippen molar-refractivity contribution in [3.63, 3.8) is 0 Å². The molecule has 2 aliphatic carbocycles. The molecule has 5 nitrogen and oxygen atoms in total. The van der Waals surface area contributed by atoms with Crippen molar-refractivity contribution >= 4 is 20.8 Å². The highest BCUT2D eigenvalue weighted by Gasteiger charge is 2.33. The van der Waals surface area contributed by atoms with E-state index in [1.807, 2.05) is 26.0 Å². The minimum Gasteiger partial charge on any atom is -0.388 e. The molecule has 0 amide bonds. The van der Waals surface area contributed by atoms with Gasteiger partial charge in [-0.2, -0.15) is 0 Å². The first-order chi connectivity index (χ1) is 11.9. The number of aryl methyl sites for hydroxylation is 1. The summed E-state index contributed by atoms with van der Waals surface area (Å²) in [6, 6.07) is 3.91. The van der Waals surface area contributed by atoms with Crippen LogP contribution in [0.4, 0.5) is 0 Å². The lowest BCUT2D eigenvalue weighted by Crippen LogP contribution is -2.29. The highest BCUT2D eigenvalue weighted by molar-refractivity contribution is 7.89. The van der Waals surface area contributed by atoms with Crippen LogP contribution in [0.5, 0.6) is 0 Å². The molecule has 1 atom stereocenters. The molecule has 2 aliphatic rings. The Labute approximate surface area is 148 Å². The van der Waals surface area contributed by atoms with Crippen LogP contribution < -0.4 is 4.72 Å². The van der Waals surface area contributed by atoms with Crippen LogP contribution in [0.3, 0.4) is 0 Å². The molecule has 6 heteroatoms. The fraction of sp³-hybridized carbons (Fsp3) is 0.526. The lowest BCUT2D eigenvalue weighted by atomic mass is 10.0. The van der Waals surface area contributed by atoms with Crippen molar-refractivity contribution in [1.29, 1.82) is 0 Å². The van der Waals surface area contributed by atoms with E-state index in [2.05, 4.69) is 9.71 Å². The zero-order chi connectivity index (χ0) is 17.8. The van der Waals surface area contributed by atoms with Gasteiger partial charge in [-0.25, -0.2) is 13.1 Å². The molecule has 1 unspecified atom stereocenters. The summed E-state index contributed by atoms with van der Waals surface area (Å²) in [5.74, 6) is 0.660. The smallest absolute Gasteiger partial charge is 0.241 e. The number of nitrogens with one attached hydrogen (secondary N) is 1. The molecule has 4 rings (SSSR count). The summed E-state index contributed by atoms with van der Waals surface area (Å²) in [6.45, 7) is 4.32. The van der Waals surface area contributed by atoms with Gasteiger partial charge in [0.05, 0.1) is 11.0 Å². The molecule has 2 N–H and O–H groups in total. The Hall–Kier alpha value is -1.50. The monoisotopic (exact) mass is 360 g/mol. The van der Waals surface area contributed by atoms with Gasteiger partial charge in [0, 0.05) is 40.7 Å². The van der Waals surface area contributed by atoms with Crippen LogP contribution in [0.25, 0.3) is 10.8 Å². The highest BCUT2D eigenvalue weighted by Crippen LogP contribution is 2.43. The largest absolute Gasteiger partial charge is 0.388 e. The minimum atomic E-state index is -3.70. The Morgan fingerprint density at radius 1 is 1.28 bits per heavy atom. The number of hydrogen-bond donors (Lipinski definition) is 2. The van der Waals surface area contributed by atoms with Crippen molar-refractivity contribution in [2.45, 2.75) is 56.4 Å². The molecule has 0 bridgehead atoms. The molecule has 1 saturated carbocycles. The van der Waals surface area contributed by atoms with E-state index >= 15 is 0 Å². The maximum Gasteiger partial charge on any atom is 0.241 e. The molecule has 2 aromatic rings. The van der Waals surface area contributed by atoms with Crippen molar-refractivity contribution in [1.82, 2.24) is 9.71 Å². The van der Waals surface area contributed by atoms with E-state index in [0.29, 0.717) is 36.3 Å². The lowest BCUT2D eigenvalue weighted by molar-refractivity contribution is 0.177. The van der Waals surface area contributed by atoms with Crippen LogP contribution in [0.1, 0.15) is 62.0 Å². The van der Waals surface area contributed by atoms with E-state index in [1.165, 1.54) is 0 Å². The maximum absolute atomic E-state index is 13.1. The van der Waals surface area contributed by atoms with Gasteiger partial charge in [-0.15, -0.1) is 0 Å². The number of fused-ring (bicyclic) bond motifs is 2. The van der Waals surface area contributed by atoms with Crippen LogP contribution in [-0.4, -0.2) is 25.1 Å². The Bertz CT molecular complexity index is 933. The summed E-state index contributed by atoms with van der Waals surface area (Å²) in [7, 11) is -3.70. The molecular formula is C19H24N2O3S. The third-order valence-corrected chi connectivity index (χ3v) is 6.61. The lowest BCUT2D eigenvalue weighted by Gasteiger charge is -2.17. The first kappa shape index (κ1) is 16.9. The van der Waals surface area contributed by atoms with E-state index in [9.17, 15) is 13.5 Å². The van der Waals surface area contributed by atoms with E-state index < -0.39 is 16.1 Å². The number of aliphatic hydroxyl groups is 1. The topological polar surface area (TPSA) is 79.3 Å². The minimum absolute atomic E-state index is 0.214. The van der Waals surface area contributed by atoms with Gasteiger partial charge in [0.15, 0.2) is 0 Å². The second kappa shape index (κ2) is 6.04. The van der Waals surface area contributed by atoms with Crippen LogP contribution in [-0.2, 0) is 16.4 Å². The Balaban J connectivity index is 1.95. The number of aliphatic hydroxyl groups excluding tert-OH is 1. The number of sulfonamides is 1. The third-order valence-electron chi connectivity index (χ3n) is 5.09. The summed E-state index contributed by atoms with van der Waals surface area (Å²) in [4.78, 5) is 4.79. The zero-order valence-electron chi connectivity index (χ0n) is 14.6. The summed E-state index contributed by atoms with van der Waals surface area (Å²) >= 11 is 0. The summed E-state index contributed by atoms with van der Waals surface area (Å²) in [5.41, 5.74) is 2.46. The van der Waals surface area contributed by atoms with Gasteiger partial charge in [-0.05, 0) is 49.3 Å². The molecule has 1 heterocycles. The summed E-state index contributed by atoms with van der Waals surface area (Å²) < 4.78 is 28.9. The molecule has 0 saturated heterocycles. The van der Waals surface area contributed by atoms with Crippen LogP contribution in [0, 0.1) is 5.92 Å². The average Bonchev–Trinajstić information content (AvgIpc) is 3.35. The van der Waals surface area contributed by atoms with Crippen molar-refractivity contribution in [2.24, 2.45) is 5.92 Å². The maximum atomic E-state index is 13.1. The Kier molecular flexibility index (Phi) is 4.09. The SMILES string of the molecule is CC(C)CNS(=O)(=O)c1c2c(cc3cnc(C4CC4)cc13)CCC2O. The molecule has 0 radical (unpaired) electrons. The van der Waals surface area contributed by atoms with Gasteiger partial charge < -0.3 is 5.11 Å². The molecule has 25 heavy (non-hydrogen) atoms. The summed E-state index contributed by atoms with van der Waals surface area (Å²) in [6.07, 6.45) is 4.56. The first-order valence-corrected chi connectivity index (χ1v) is 10.5. The standard InChI is InChI=1S/C19H24N2O3S/c1-11(2)9-21-25(23,24)19-15-8-16(12-3-4-12)20-10-14(15)7-13-5-6-17(22)18(13)19/h7-8,10-12,17,21-22H,3-6,9H2,1-2H3. The second-order valence-electron chi connectivity index (χ2n) is 7.68. The van der Waals surface area contributed by atoms with Gasteiger partial charge in [-0.1, -0.05) is 13.8 Å². The van der Waals surface area contributed by atoms with Crippen molar-refractivity contribution in [3.05, 3.63) is 35.2 Å². The molecule has 1 aromatic carbocycles. The summed E-state index contributed by atoms with van der Waals surface area (Å²) in [5, 5.41) is 12.0. The number of nitrogens with zero attached hydrogens (tertiary/aromatic N) is 1. The predicted molar refractivity (Wildman–Crippen MR) is 97.0 cm³/mol. The molecule has 1 fully saturated rings. The fourth-order valence-corrected chi connectivity index (χ4v) is 5.32. The van der Waals surface area contributed by atoms with E-state index in [4.69, 9.17) is 0 Å². The second-order valence-corrected chi connectivity index (χ2v) is 9.39. The van der Waals surface area contributed by atoms with Crippen molar-refractivity contribution in [2.75, 3.05) is 6.54 Å². The fourth-order valence-electron chi connectivity index (χ4n) is 3.60. The van der Waals surface area contributed by atoms with Gasteiger partial charge in [0.2, 0.25) is 10.0 Å². The molecular weight excluding hydrogens is 336 g/mol. The van der Waals surface area contributed by atoms with Crippen molar-refractivity contribution < 1.29 is 13.5 Å². The quantitative estimate of drug-likeness (QED) is 0.859. The normalized spacial score (nSPS) is 20.4. The van der Waals surface area contributed by atoms with Crippen molar-refractivity contribution in [3.8, 4) is 0 Å². The highest BCUT2D eigenvalue weighted by atomic mass is 32.2. The molecule has 1 aromatic heterocycles. The van der Waals surface area contributed by atoms with Crippen LogP contribution in [0.2, 0.25) is 0 Å². The number of rotatable bonds is 5. The van der Waals surface area contributed by atoms with Crippen LogP contribution >= 0.6 is 0 Å². The first-order valence-electron chi connectivity index (χ1n) is 9.00. The predicted octanol–water partition coefficient (Wildman–Crippen LogP) is 3.03. The van der Waals surface area contributed by atoms with E-state index in [0.717, 1.165) is 29.5 Å². The van der Waals surface area contributed by atoms with Crippen LogP contribution in [0.15, 0.2) is 23.2 Å².